The molecule has 0 heterocycles. The van der Waals surface area contributed by atoms with Gasteiger partial charge >= 0.3 is 0 Å². The van der Waals surface area contributed by atoms with Crippen LogP contribution in [0, 0.1) is 18.7 Å². The molecule has 2 N–H and O–H groups in total. The summed E-state index contributed by atoms with van der Waals surface area (Å²) in [6.45, 7) is 11.1. The van der Waals surface area contributed by atoms with E-state index in [-0.39, 0.29) is 11.9 Å². The fraction of sp³-hybridized carbons (Fsp3) is 0.647. The molecule has 0 aliphatic carbocycles. The third kappa shape index (κ3) is 4.29. The zero-order valence-corrected chi connectivity index (χ0v) is 13.3. The molecular formula is C17H29FN2. The van der Waals surface area contributed by atoms with Gasteiger partial charge in [-0.1, -0.05) is 39.7 Å². The first-order valence-corrected chi connectivity index (χ1v) is 7.77. The van der Waals surface area contributed by atoms with Crippen molar-refractivity contribution >= 4 is 0 Å². The van der Waals surface area contributed by atoms with Crippen LogP contribution in [0.4, 0.5) is 4.39 Å². The summed E-state index contributed by atoms with van der Waals surface area (Å²) in [6, 6.07) is 5.11. The highest BCUT2D eigenvalue weighted by Gasteiger charge is 2.21. The van der Waals surface area contributed by atoms with Crippen molar-refractivity contribution in [1.82, 2.24) is 4.90 Å². The molecule has 20 heavy (non-hydrogen) atoms. The Morgan fingerprint density at radius 3 is 2.35 bits per heavy atom. The first-order valence-electron chi connectivity index (χ1n) is 7.77. The number of likely N-dealkylation sites (N-methyl/N-ethyl adjacent to an activating group) is 1. The maximum Gasteiger partial charge on any atom is 0.123 e. The van der Waals surface area contributed by atoms with E-state index in [9.17, 15) is 4.39 Å². The van der Waals surface area contributed by atoms with Gasteiger partial charge in [-0.3, -0.25) is 4.90 Å². The van der Waals surface area contributed by atoms with Gasteiger partial charge in [0.1, 0.15) is 5.82 Å². The topological polar surface area (TPSA) is 29.3 Å². The Bertz CT molecular complexity index is 402. The summed E-state index contributed by atoms with van der Waals surface area (Å²) in [5.74, 6) is 0.500. The Kier molecular flexibility index (Phi) is 7.17. The minimum atomic E-state index is -0.178. The molecule has 1 atom stereocenters. The minimum Gasteiger partial charge on any atom is -0.329 e. The van der Waals surface area contributed by atoms with Crippen molar-refractivity contribution in [2.24, 2.45) is 11.7 Å². The molecule has 1 aromatic rings. The van der Waals surface area contributed by atoms with Gasteiger partial charge in [-0.2, -0.15) is 0 Å². The van der Waals surface area contributed by atoms with Crippen LogP contribution in [0.2, 0.25) is 0 Å². The minimum absolute atomic E-state index is 0.108. The number of nitrogens with zero attached hydrogens (tertiary/aromatic N) is 1. The molecule has 3 heteroatoms. The lowest BCUT2D eigenvalue weighted by molar-refractivity contribution is 0.173. The fourth-order valence-electron chi connectivity index (χ4n) is 2.80. The van der Waals surface area contributed by atoms with Gasteiger partial charge < -0.3 is 5.73 Å². The van der Waals surface area contributed by atoms with E-state index in [0.29, 0.717) is 12.5 Å². The maximum absolute atomic E-state index is 13.5. The first kappa shape index (κ1) is 17.1. The molecule has 0 aromatic heterocycles. The second-order valence-corrected chi connectivity index (χ2v) is 5.52. The van der Waals surface area contributed by atoms with E-state index in [0.717, 1.165) is 24.2 Å². The third-order valence-electron chi connectivity index (χ3n) is 4.32. The van der Waals surface area contributed by atoms with Gasteiger partial charge in [-0.05, 0) is 42.6 Å². The summed E-state index contributed by atoms with van der Waals surface area (Å²) < 4.78 is 13.5. The van der Waals surface area contributed by atoms with Gasteiger partial charge in [0.25, 0.3) is 0 Å². The van der Waals surface area contributed by atoms with Gasteiger partial charge in [0.2, 0.25) is 0 Å². The predicted molar refractivity (Wildman–Crippen MR) is 84.3 cm³/mol. The number of hydrogen-bond donors (Lipinski definition) is 1. The number of nitrogens with two attached hydrogens (primary N) is 1. The fourth-order valence-corrected chi connectivity index (χ4v) is 2.80. The Hall–Kier alpha value is -0.930. The summed E-state index contributed by atoms with van der Waals surface area (Å²) in [5, 5.41) is 0. The molecule has 1 unspecified atom stereocenters. The molecule has 1 rings (SSSR count). The van der Waals surface area contributed by atoms with E-state index in [1.165, 1.54) is 18.9 Å². The van der Waals surface area contributed by atoms with E-state index in [2.05, 4.69) is 25.7 Å². The number of halogens is 1. The molecular weight excluding hydrogens is 251 g/mol. The number of rotatable bonds is 8. The Morgan fingerprint density at radius 1 is 1.20 bits per heavy atom. The first-order chi connectivity index (χ1) is 9.57. The highest BCUT2D eigenvalue weighted by Crippen LogP contribution is 2.25. The smallest absolute Gasteiger partial charge is 0.123 e. The lowest BCUT2D eigenvalue weighted by Gasteiger charge is -2.33. The molecule has 2 nitrogen and oxygen atoms in total. The average Bonchev–Trinajstić information content (AvgIpc) is 2.46. The molecule has 0 fully saturated rings. The van der Waals surface area contributed by atoms with Crippen LogP contribution in [0.3, 0.4) is 0 Å². The summed E-state index contributed by atoms with van der Waals surface area (Å²) in [6.07, 6.45) is 2.35. The Balaban J connectivity index is 2.99. The second kappa shape index (κ2) is 8.38. The van der Waals surface area contributed by atoms with E-state index in [1.54, 1.807) is 6.07 Å². The van der Waals surface area contributed by atoms with Crippen molar-refractivity contribution in [3.05, 3.63) is 35.1 Å². The molecule has 114 valence electrons. The molecule has 0 saturated heterocycles. The summed E-state index contributed by atoms with van der Waals surface area (Å²) in [7, 11) is 0. The Labute approximate surface area is 123 Å². The second-order valence-electron chi connectivity index (χ2n) is 5.52. The third-order valence-corrected chi connectivity index (χ3v) is 4.32. The predicted octanol–water partition coefficient (Wildman–Crippen LogP) is 3.89. The van der Waals surface area contributed by atoms with Crippen molar-refractivity contribution in [1.29, 1.82) is 0 Å². The van der Waals surface area contributed by atoms with Crippen molar-refractivity contribution in [2.75, 3.05) is 19.6 Å². The van der Waals surface area contributed by atoms with E-state index >= 15 is 0 Å². The molecule has 1 aromatic carbocycles. The number of benzene rings is 1. The van der Waals surface area contributed by atoms with Crippen molar-refractivity contribution < 1.29 is 4.39 Å². The monoisotopic (exact) mass is 280 g/mol. The summed E-state index contributed by atoms with van der Waals surface area (Å²) in [4.78, 5) is 2.39. The zero-order valence-electron chi connectivity index (χ0n) is 13.3. The van der Waals surface area contributed by atoms with Crippen LogP contribution in [0.15, 0.2) is 18.2 Å². The highest BCUT2D eigenvalue weighted by molar-refractivity contribution is 5.30. The van der Waals surface area contributed by atoms with Crippen molar-refractivity contribution in [2.45, 2.75) is 46.6 Å². The van der Waals surface area contributed by atoms with Crippen LogP contribution < -0.4 is 5.73 Å². The molecule has 0 amide bonds. The van der Waals surface area contributed by atoms with Gasteiger partial charge in [-0.15, -0.1) is 0 Å². The summed E-state index contributed by atoms with van der Waals surface area (Å²) >= 11 is 0. The standard InChI is InChI=1S/C17H29FN2/c1-5-14(6-2)12-20(7-3)17(11-19)16-10-15(18)9-8-13(16)4/h8-10,14,17H,5-7,11-12,19H2,1-4H3. The van der Waals surface area contributed by atoms with Gasteiger partial charge in [0.15, 0.2) is 0 Å². The highest BCUT2D eigenvalue weighted by atomic mass is 19.1. The van der Waals surface area contributed by atoms with E-state index in [1.807, 2.05) is 13.0 Å². The van der Waals surface area contributed by atoms with Gasteiger partial charge in [0.05, 0.1) is 0 Å². The van der Waals surface area contributed by atoms with Gasteiger partial charge in [0, 0.05) is 19.1 Å². The van der Waals surface area contributed by atoms with E-state index < -0.39 is 0 Å². The van der Waals surface area contributed by atoms with Crippen LogP contribution in [0.1, 0.15) is 50.8 Å². The van der Waals surface area contributed by atoms with Crippen LogP contribution >= 0.6 is 0 Å². The Morgan fingerprint density at radius 2 is 1.85 bits per heavy atom. The molecule has 0 aliphatic heterocycles. The summed E-state index contributed by atoms with van der Waals surface area (Å²) in [5.41, 5.74) is 8.14. The molecule has 0 bridgehead atoms. The van der Waals surface area contributed by atoms with Crippen LogP contribution in [-0.2, 0) is 0 Å². The molecule has 0 saturated carbocycles. The van der Waals surface area contributed by atoms with Crippen molar-refractivity contribution in [3.63, 3.8) is 0 Å². The maximum atomic E-state index is 13.5. The molecule has 0 aliphatic rings. The average molecular weight is 280 g/mol. The van der Waals surface area contributed by atoms with Crippen LogP contribution in [0.25, 0.3) is 0 Å². The number of hydrogen-bond acceptors (Lipinski definition) is 2. The lowest BCUT2D eigenvalue weighted by atomic mass is 9.97. The van der Waals surface area contributed by atoms with Crippen LogP contribution in [-0.4, -0.2) is 24.5 Å². The largest absolute Gasteiger partial charge is 0.329 e. The quantitative estimate of drug-likeness (QED) is 0.782. The molecule has 0 spiro atoms. The number of aryl methyl sites for hydroxylation is 1. The van der Waals surface area contributed by atoms with Gasteiger partial charge in [-0.25, -0.2) is 4.39 Å². The SMILES string of the molecule is CCC(CC)CN(CC)C(CN)c1cc(F)ccc1C. The molecule has 0 radical (unpaired) electrons. The normalized spacial score (nSPS) is 13.2. The zero-order chi connectivity index (χ0) is 15.1. The lowest BCUT2D eigenvalue weighted by Crippen LogP contribution is -2.37. The van der Waals surface area contributed by atoms with Crippen LogP contribution in [0.5, 0.6) is 0 Å². The van der Waals surface area contributed by atoms with Crippen molar-refractivity contribution in [3.8, 4) is 0 Å². The van der Waals surface area contributed by atoms with E-state index in [4.69, 9.17) is 5.73 Å².